The molecule has 150 valence electrons. The van der Waals surface area contributed by atoms with Crippen LogP contribution in [0.5, 0.6) is 0 Å². The first-order valence-electron chi connectivity index (χ1n) is 9.65. The van der Waals surface area contributed by atoms with E-state index in [1.165, 1.54) is 5.56 Å². The maximum Gasteiger partial charge on any atom is 0.253 e. The molecule has 1 saturated heterocycles. The average molecular weight is 402 g/mol. The lowest BCUT2D eigenvalue weighted by molar-refractivity contribution is -0.131. The lowest BCUT2D eigenvalue weighted by Crippen LogP contribution is -2.51. The molecule has 1 aromatic carbocycles. The van der Waals surface area contributed by atoms with Gasteiger partial charge in [0.25, 0.3) is 5.91 Å². The Morgan fingerprint density at radius 2 is 1.71 bits per heavy atom. The summed E-state index contributed by atoms with van der Waals surface area (Å²) in [6.07, 6.45) is 0.298. The lowest BCUT2D eigenvalue weighted by Gasteiger charge is -2.35. The number of aromatic nitrogens is 1. The third-order valence-electron chi connectivity index (χ3n) is 5.10. The number of benzene rings is 1. The summed E-state index contributed by atoms with van der Waals surface area (Å²) in [5, 5.41) is 3.91. The highest BCUT2D eigenvalue weighted by atomic mass is 32.2. The number of nitrogens with zero attached hydrogens (tertiary/aromatic N) is 3. The van der Waals surface area contributed by atoms with E-state index in [-0.39, 0.29) is 11.8 Å². The van der Waals surface area contributed by atoms with Crippen molar-refractivity contribution in [1.82, 2.24) is 15.0 Å². The maximum absolute atomic E-state index is 12.7. The van der Waals surface area contributed by atoms with Crippen molar-refractivity contribution in [3.8, 4) is 0 Å². The number of aryl methyl sites for hydroxylation is 2. The van der Waals surface area contributed by atoms with E-state index in [4.69, 9.17) is 4.52 Å². The molecule has 0 unspecified atom stereocenters. The van der Waals surface area contributed by atoms with Crippen molar-refractivity contribution in [2.24, 2.45) is 0 Å². The fraction of sp³-hybridized carbons (Fsp3) is 0.476. The summed E-state index contributed by atoms with van der Waals surface area (Å²) < 4.78 is 5.14. The minimum Gasteiger partial charge on any atom is -0.361 e. The Morgan fingerprint density at radius 3 is 2.29 bits per heavy atom. The Labute approximate surface area is 170 Å². The predicted molar refractivity (Wildman–Crippen MR) is 110 cm³/mol. The number of carbonyl (C=O) groups is 2. The van der Waals surface area contributed by atoms with Crippen LogP contribution in [0.3, 0.4) is 0 Å². The number of rotatable bonds is 6. The molecule has 0 saturated carbocycles. The van der Waals surface area contributed by atoms with Crippen molar-refractivity contribution in [2.45, 2.75) is 32.9 Å². The number of thioether (sulfide) groups is 1. The van der Waals surface area contributed by atoms with Crippen molar-refractivity contribution in [2.75, 3.05) is 31.9 Å². The molecule has 2 amide bonds. The summed E-state index contributed by atoms with van der Waals surface area (Å²) in [5.41, 5.74) is 3.57. The molecule has 0 radical (unpaired) electrons. The monoisotopic (exact) mass is 401 g/mol. The van der Waals surface area contributed by atoms with Gasteiger partial charge in [0.2, 0.25) is 5.91 Å². The minimum absolute atomic E-state index is 0.0347. The molecule has 2 heterocycles. The van der Waals surface area contributed by atoms with Crippen molar-refractivity contribution in [3.63, 3.8) is 0 Å². The molecule has 7 heteroatoms. The zero-order chi connectivity index (χ0) is 20.1. The van der Waals surface area contributed by atoms with Crippen LogP contribution in [-0.4, -0.2) is 58.7 Å². The lowest BCUT2D eigenvalue weighted by atomic mass is 10.1. The molecule has 0 aliphatic carbocycles. The molecule has 1 aliphatic heterocycles. The average Bonchev–Trinajstić information content (AvgIpc) is 3.04. The Bertz CT molecular complexity index is 804. The predicted octanol–water partition coefficient (Wildman–Crippen LogP) is 3.07. The van der Waals surface area contributed by atoms with Gasteiger partial charge in [-0.05, 0) is 37.3 Å². The molecule has 0 atom stereocenters. The van der Waals surface area contributed by atoms with Crippen LogP contribution in [0.25, 0.3) is 0 Å². The highest BCUT2D eigenvalue weighted by Crippen LogP contribution is 2.17. The van der Waals surface area contributed by atoms with Gasteiger partial charge in [-0.3, -0.25) is 9.59 Å². The zero-order valence-electron chi connectivity index (χ0n) is 16.7. The largest absolute Gasteiger partial charge is 0.361 e. The highest BCUT2D eigenvalue weighted by Gasteiger charge is 2.26. The molecule has 6 nitrogen and oxygen atoms in total. The maximum atomic E-state index is 12.7. The quantitative estimate of drug-likeness (QED) is 0.744. The zero-order valence-corrected chi connectivity index (χ0v) is 17.6. The number of hydrogen-bond acceptors (Lipinski definition) is 5. The molecule has 0 spiro atoms. The van der Waals surface area contributed by atoms with Crippen LogP contribution >= 0.6 is 11.8 Å². The molecule has 1 fully saturated rings. The summed E-state index contributed by atoms with van der Waals surface area (Å²) in [6, 6.07) is 7.87. The molecule has 1 aliphatic rings. The molecule has 2 aromatic rings. The van der Waals surface area contributed by atoms with Crippen LogP contribution < -0.4 is 0 Å². The number of piperazine rings is 1. The van der Waals surface area contributed by atoms with Crippen molar-refractivity contribution in [1.29, 1.82) is 0 Å². The van der Waals surface area contributed by atoms with Crippen LogP contribution in [-0.2, 0) is 17.0 Å². The van der Waals surface area contributed by atoms with E-state index in [1.807, 2.05) is 59.7 Å². The van der Waals surface area contributed by atoms with Crippen molar-refractivity contribution in [3.05, 3.63) is 52.4 Å². The number of hydrogen-bond donors (Lipinski definition) is 0. The Kier molecular flexibility index (Phi) is 6.78. The Hall–Kier alpha value is -2.28. The smallest absolute Gasteiger partial charge is 0.253 e. The van der Waals surface area contributed by atoms with Gasteiger partial charge in [0.05, 0.1) is 12.1 Å². The van der Waals surface area contributed by atoms with E-state index in [1.54, 1.807) is 0 Å². The number of amides is 2. The second kappa shape index (κ2) is 9.28. The summed E-state index contributed by atoms with van der Waals surface area (Å²) >= 11 is 1.87. The fourth-order valence-corrected chi connectivity index (χ4v) is 3.95. The topological polar surface area (TPSA) is 66.7 Å². The van der Waals surface area contributed by atoms with E-state index < -0.39 is 0 Å². The molecular weight excluding hydrogens is 374 g/mol. The van der Waals surface area contributed by atoms with Crippen LogP contribution in [0, 0.1) is 13.8 Å². The molecule has 1 aromatic heterocycles. The van der Waals surface area contributed by atoms with Gasteiger partial charge in [0.1, 0.15) is 5.76 Å². The minimum atomic E-state index is 0.0347. The van der Waals surface area contributed by atoms with Crippen molar-refractivity contribution >= 4 is 23.6 Å². The van der Waals surface area contributed by atoms with Gasteiger partial charge >= 0.3 is 0 Å². The molecule has 28 heavy (non-hydrogen) atoms. The third-order valence-corrected chi connectivity index (χ3v) is 6.05. The second-order valence-electron chi connectivity index (χ2n) is 6.99. The second-order valence-corrected chi connectivity index (χ2v) is 8.26. The third kappa shape index (κ3) is 4.76. The summed E-state index contributed by atoms with van der Waals surface area (Å²) in [5.74, 6) is 2.84. The van der Waals surface area contributed by atoms with E-state index in [0.717, 1.165) is 22.8 Å². The molecule has 0 N–H and O–H groups in total. The summed E-state index contributed by atoms with van der Waals surface area (Å²) in [6.45, 7) is 8.03. The van der Waals surface area contributed by atoms with E-state index in [9.17, 15) is 9.59 Å². The van der Waals surface area contributed by atoms with E-state index in [2.05, 4.69) is 12.1 Å². The molecule has 0 bridgehead atoms. The van der Waals surface area contributed by atoms with E-state index in [0.29, 0.717) is 43.9 Å². The van der Waals surface area contributed by atoms with Gasteiger partial charge in [0.15, 0.2) is 0 Å². The Morgan fingerprint density at radius 1 is 1.07 bits per heavy atom. The first-order chi connectivity index (χ1) is 13.5. The normalized spacial score (nSPS) is 14.4. The fourth-order valence-electron chi connectivity index (χ4n) is 3.32. The van der Waals surface area contributed by atoms with Gasteiger partial charge in [0, 0.05) is 43.1 Å². The van der Waals surface area contributed by atoms with Crippen LogP contribution in [0.1, 0.15) is 39.9 Å². The first-order valence-corrected chi connectivity index (χ1v) is 10.8. The van der Waals surface area contributed by atoms with Crippen LogP contribution in [0.15, 0.2) is 28.8 Å². The van der Waals surface area contributed by atoms with Gasteiger partial charge in [-0.2, -0.15) is 11.8 Å². The van der Waals surface area contributed by atoms with Crippen LogP contribution in [0.2, 0.25) is 0 Å². The molecular formula is C21H27N3O3S. The highest BCUT2D eigenvalue weighted by molar-refractivity contribution is 7.98. The SMILES string of the molecule is CCSCc1ccc(C(=O)N2CCN(C(=O)Cc3c(C)noc3C)CC2)cc1. The van der Waals surface area contributed by atoms with Gasteiger partial charge in [-0.25, -0.2) is 0 Å². The summed E-state index contributed by atoms with van der Waals surface area (Å²) in [7, 11) is 0. The Balaban J connectivity index is 1.53. The van der Waals surface area contributed by atoms with E-state index >= 15 is 0 Å². The standard InChI is InChI=1S/C21H27N3O3S/c1-4-28-14-17-5-7-18(8-6-17)21(26)24-11-9-23(10-12-24)20(25)13-19-15(2)22-27-16(19)3/h5-8H,4,9-14H2,1-3H3. The number of carbonyl (C=O) groups excluding carboxylic acids is 2. The van der Waals surface area contributed by atoms with Gasteiger partial charge in [-0.1, -0.05) is 24.2 Å². The summed E-state index contributed by atoms with van der Waals surface area (Å²) in [4.78, 5) is 29.0. The van der Waals surface area contributed by atoms with Gasteiger partial charge in [-0.15, -0.1) is 0 Å². The van der Waals surface area contributed by atoms with Crippen LogP contribution in [0.4, 0.5) is 0 Å². The van der Waals surface area contributed by atoms with Crippen molar-refractivity contribution < 1.29 is 14.1 Å². The van der Waals surface area contributed by atoms with Gasteiger partial charge < -0.3 is 14.3 Å². The molecule has 3 rings (SSSR count). The first kappa shape index (κ1) is 20.5.